The topological polar surface area (TPSA) is 47.1 Å². The molecular formula is C14H18N4. The van der Waals surface area contributed by atoms with Gasteiger partial charge in [0.05, 0.1) is 29.3 Å². The molecule has 0 aliphatic carbocycles. The van der Waals surface area contributed by atoms with Crippen LogP contribution in [-0.4, -0.2) is 16.3 Å². The van der Waals surface area contributed by atoms with Crippen molar-refractivity contribution in [3.05, 3.63) is 41.2 Å². The first-order valence-corrected chi connectivity index (χ1v) is 6.27. The van der Waals surface area contributed by atoms with Crippen LogP contribution in [0.1, 0.15) is 17.0 Å². The lowest BCUT2D eigenvalue weighted by molar-refractivity contribution is 0.684. The average molecular weight is 242 g/mol. The highest BCUT2D eigenvalue weighted by Crippen LogP contribution is 2.34. The molecule has 4 heteroatoms. The average Bonchev–Trinajstić information content (AvgIpc) is 2.85. The minimum absolute atomic E-state index is 0.874. The summed E-state index contributed by atoms with van der Waals surface area (Å²) in [6, 6.07) is 8.31. The van der Waals surface area contributed by atoms with Crippen molar-refractivity contribution in [3.63, 3.8) is 0 Å². The summed E-state index contributed by atoms with van der Waals surface area (Å²) in [5.74, 6) is 0. The SMILES string of the molecule is Cc1cc(CN2CCc3cccc(N)c32)n(C)n1. The maximum Gasteiger partial charge on any atom is 0.0636 e. The third-order valence-corrected chi connectivity index (χ3v) is 3.57. The Morgan fingerprint density at radius 1 is 1.39 bits per heavy atom. The summed E-state index contributed by atoms with van der Waals surface area (Å²) in [5.41, 5.74) is 11.8. The van der Waals surface area contributed by atoms with Gasteiger partial charge in [-0.1, -0.05) is 12.1 Å². The first-order chi connectivity index (χ1) is 8.65. The molecule has 4 nitrogen and oxygen atoms in total. The first kappa shape index (κ1) is 11.1. The Labute approximate surface area is 107 Å². The van der Waals surface area contributed by atoms with Crippen LogP contribution >= 0.6 is 0 Å². The molecule has 1 aromatic carbocycles. The monoisotopic (exact) mass is 242 g/mol. The van der Waals surface area contributed by atoms with Crippen molar-refractivity contribution >= 4 is 11.4 Å². The van der Waals surface area contributed by atoms with Crippen molar-refractivity contribution in [2.75, 3.05) is 17.2 Å². The van der Waals surface area contributed by atoms with Crippen molar-refractivity contribution in [2.45, 2.75) is 19.9 Å². The lowest BCUT2D eigenvalue weighted by atomic mass is 10.1. The Morgan fingerprint density at radius 2 is 2.22 bits per heavy atom. The van der Waals surface area contributed by atoms with Crippen molar-refractivity contribution in [3.8, 4) is 0 Å². The lowest BCUT2D eigenvalue weighted by Crippen LogP contribution is -2.22. The number of fused-ring (bicyclic) bond motifs is 1. The number of rotatable bonds is 2. The van der Waals surface area contributed by atoms with Crippen LogP contribution in [0.2, 0.25) is 0 Å². The van der Waals surface area contributed by atoms with Crippen LogP contribution in [0.15, 0.2) is 24.3 Å². The van der Waals surface area contributed by atoms with Crippen LogP contribution in [-0.2, 0) is 20.0 Å². The molecule has 0 saturated carbocycles. The molecule has 0 saturated heterocycles. The van der Waals surface area contributed by atoms with Crippen molar-refractivity contribution < 1.29 is 0 Å². The summed E-state index contributed by atoms with van der Waals surface area (Å²) in [6.07, 6.45) is 1.08. The third-order valence-electron chi connectivity index (χ3n) is 3.57. The smallest absolute Gasteiger partial charge is 0.0636 e. The van der Waals surface area contributed by atoms with Crippen LogP contribution in [0.4, 0.5) is 11.4 Å². The van der Waals surface area contributed by atoms with Gasteiger partial charge in [-0.25, -0.2) is 0 Å². The van der Waals surface area contributed by atoms with Crippen LogP contribution in [0.25, 0.3) is 0 Å². The normalized spacial score (nSPS) is 14.0. The molecule has 0 spiro atoms. The predicted octanol–water partition coefficient (Wildman–Crippen LogP) is 1.87. The number of nitrogen functional groups attached to an aromatic ring is 1. The lowest BCUT2D eigenvalue weighted by Gasteiger charge is -2.20. The molecule has 3 rings (SSSR count). The summed E-state index contributed by atoms with van der Waals surface area (Å²) in [4.78, 5) is 2.35. The summed E-state index contributed by atoms with van der Waals surface area (Å²) in [7, 11) is 1.99. The Kier molecular flexibility index (Phi) is 2.51. The highest BCUT2D eigenvalue weighted by molar-refractivity contribution is 5.74. The van der Waals surface area contributed by atoms with Crippen LogP contribution < -0.4 is 10.6 Å². The maximum atomic E-state index is 6.10. The van der Waals surface area contributed by atoms with Gasteiger partial charge in [-0.2, -0.15) is 5.10 Å². The number of hydrogen-bond acceptors (Lipinski definition) is 3. The quantitative estimate of drug-likeness (QED) is 0.818. The highest BCUT2D eigenvalue weighted by Gasteiger charge is 2.22. The van der Waals surface area contributed by atoms with Gasteiger partial charge in [0, 0.05) is 13.6 Å². The number of nitrogens with two attached hydrogens (primary N) is 1. The van der Waals surface area contributed by atoms with Gasteiger partial charge >= 0.3 is 0 Å². The fourth-order valence-corrected chi connectivity index (χ4v) is 2.73. The third kappa shape index (κ3) is 1.74. The van der Waals surface area contributed by atoms with Gasteiger partial charge in [0.2, 0.25) is 0 Å². The number of nitrogens with zero attached hydrogens (tertiary/aromatic N) is 3. The molecular weight excluding hydrogens is 224 g/mol. The molecule has 1 aliphatic rings. The molecule has 2 N–H and O–H groups in total. The van der Waals surface area contributed by atoms with E-state index in [2.05, 4.69) is 22.1 Å². The van der Waals surface area contributed by atoms with E-state index in [1.54, 1.807) is 0 Å². The summed E-state index contributed by atoms with van der Waals surface area (Å²) in [6.45, 7) is 3.93. The van der Waals surface area contributed by atoms with E-state index in [4.69, 9.17) is 5.73 Å². The standard InChI is InChI=1S/C14H18N4/c1-10-8-12(17(2)16-10)9-18-7-6-11-4-3-5-13(15)14(11)18/h3-5,8H,6-7,9,15H2,1-2H3. The molecule has 0 fully saturated rings. The molecule has 2 aromatic rings. The molecule has 0 unspecified atom stereocenters. The number of anilines is 2. The van der Waals surface area contributed by atoms with Crippen molar-refractivity contribution in [1.82, 2.24) is 9.78 Å². The highest BCUT2D eigenvalue weighted by atomic mass is 15.3. The second kappa shape index (κ2) is 4.05. The van der Waals surface area contributed by atoms with E-state index in [9.17, 15) is 0 Å². The molecule has 18 heavy (non-hydrogen) atoms. The number of aryl methyl sites for hydroxylation is 2. The summed E-state index contributed by atoms with van der Waals surface area (Å²) >= 11 is 0. The Bertz CT molecular complexity index is 585. The molecule has 1 aromatic heterocycles. The van der Waals surface area contributed by atoms with E-state index in [1.807, 2.05) is 30.8 Å². The van der Waals surface area contributed by atoms with E-state index in [0.717, 1.165) is 30.9 Å². The van der Waals surface area contributed by atoms with E-state index in [1.165, 1.54) is 16.9 Å². The molecule has 0 atom stereocenters. The van der Waals surface area contributed by atoms with Crippen LogP contribution in [0.5, 0.6) is 0 Å². The minimum atomic E-state index is 0.874. The van der Waals surface area contributed by atoms with Gasteiger partial charge in [0.15, 0.2) is 0 Å². The Balaban J connectivity index is 1.91. The number of benzene rings is 1. The van der Waals surface area contributed by atoms with E-state index in [-0.39, 0.29) is 0 Å². The van der Waals surface area contributed by atoms with E-state index in [0.29, 0.717) is 0 Å². The largest absolute Gasteiger partial charge is 0.397 e. The zero-order valence-corrected chi connectivity index (χ0v) is 10.8. The number of para-hydroxylation sites is 1. The Hall–Kier alpha value is -1.97. The Morgan fingerprint density at radius 3 is 2.94 bits per heavy atom. The van der Waals surface area contributed by atoms with Gasteiger partial charge < -0.3 is 10.6 Å². The number of hydrogen-bond donors (Lipinski definition) is 1. The first-order valence-electron chi connectivity index (χ1n) is 6.27. The van der Waals surface area contributed by atoms with Gasteiger partial charge in [0.1, 0.15) is 0 Å². The molecule has 2 heterocycles. The number of aromatic nitrogens is 2. The summed E-state index contributed by atoms with van der Waals surface area (Å²) in [5, 5.41) is 4.39. The van der Waals surface area contributed by atoms with Crippen LogP contribution in [0.3, 0.4) is 0 Å². The van der Waals surface area contributed by atoms with E-state index >= 15 is 0 Å². The second-order valence-electron chi connectivity index (χ2n) is 4.93. The zero-order valence-electron chi connectivity index (χ0n) is 10.8. The molecule has 0 amide bonds. The summed E-state index contributed by atoms with van der Waals surface area (Å²) < 4.78 is 1.95. The van der Waals surface area contributed by atoms with Gasteiger partial charge in [-0.05, 0) is 31.0 Å². The minimum Gasteiger partial charge on any atom is -0.397 e. The predicted molar refractivity (Wildman–Crippen MR) is 73.6 cm³/mol. The molecule has 1 aliphatic heterocycles. The van der Waals surface area contributed by atoms with Gasteiger partial charge in [0.25, 0.3) is 0 Å². The molecule has 94 valence electrons. The van der Waals surface area contributed by atoms with E-state index < -0.39 is 0 Å². The molecule has 0 radical (unpaired) electrons. The molecule has 0 bridgehead atoms. The van der Waals surface area contributed by atoms with Crippen molar-refractivity contribution in [2.24, 2.45) is 7.05 Å². The van der Waals surface area contributed by atoms with Crippen LogP contribution in [0, 0.1) is 6.92 Å². The van der Waals surface area contributed by atoms with Gasteiger partial charge in [-0.3, -0.25) is 4.68 Å². The zero-order chi connectivity index (χ0) is 12.7. The van der Waals surface area contributed by atoms with Gasteiger partial charge in [-0.15, -0.1) is 0 Å². The second-order valence-corrected chi connectivity index (χ2v) is 4.93. The maximum absolute atomic E-state index is 6.10. The fraction of sp³-hybridized carbons (Fsp3) is 0.357. The van der Waals surface area contributed by atoms with Crippen molar-refractivity contribution in [1.29, 1.82) is 0 Å². The fourth-order valence-electron chi connectivity index (χ4n) is 2.73.